The fourth-order valence-corrected chi connectivity index (χ4v) is 1.97. The molecule has 0 aromatic carbocycles. The molecule has 4 nitrogen and oxygen atoms in total. The molecule has 1 unspecified atom stereocenters. The highest BCUT2D eigenvalue weighted by Gasteiger charge is 2.16. The predicted molar refractivity (Wildman–Crippen MR) is 66.7 cm³/mol. The number of nitrogens with zero attached hydrogens (tertiary/aromatic N) is 2. The Hall–Kier alpha value is -0.710. The molecule has 1 aromatic rings. The lowest BCUT2D eigenvalue weighted by molar-refractivity contribution is 0.359. The summed E-state index contributed by atoms with van der Waals surface area (Å²) in [5.41, 5.74) is 1.02. The van der Waals surface area contributed by atoms with E-state index in [0.29, 0.717) is 6.04 Å². The van der Waals surface area contributed by atoms with Gasteiger partial charge < -0.3 is 10.6 Å². The van der Waals surface area contributed by atoms with Crippen LogP contribution in [0.25, 0.3) is 0 Å². The van der Waals surface area contributed by atoms with E-state index in [1.807, 2.05) is 6.20 Å². The molecule has 0 spiro atoms. The lowest BCUT2D eigenvalue weighted by Crippen LogP contribution is -2.44. The Kier molecular flexibility index (Phi) is 5.66. The third-order valence-corrected chi connectivity index (χ3v) is 2.81. The van der Waals surface area contributed by atoms with Gasteiger partial charge in [0, 0.05) is 37.2 Å². The minimum absolute atomic E-state index is 0. The summed E-state index contributed by atoms with van der Waals surface area (Å²) in [7, 11) is 0. The van der Waals surface area contributed by atoms with E-state index in [4.69, 9.17) is 0 Å². The van der Waals surface area contributed by atoms with Crippen molar-refractivity contribution in [2.24, 2.45) is 0 Å². The van der Waals surface area contributed by atoms with Crippen molar-refractivity contribution in [2.75, 3.05) is 13.1 Å². The smallest absolute Gasteiger partial charge is 0.0753 e. The van der Waals surface area contributed by atoms with Gasteiger partial charge in [-0.05, 0) is 26.3 Å². The first-order valence-corrected chi connectivity index (χ1v) is 5.59. The van der Waals surface area contributed by atoms with Crippen LogP contribution < -0.4 is 10.6 Å². The first-order chi connectivity index (χ1) is 7.36. The predicted octanol–water partition coefficient (Wildman–Crippen LogP) is 1.30. The number of halogens is 1. The van der Waals surface area contributed by atoms with Gasteiger partial charge in [0.05, 0.1) is 5.69 Å². The number of rotatable bonds is 3. The average Bonchev–Trinajstić information content (AvgIpc) is 2.31. The van der Waals surface area contributed by atoms with Crippen LogP contribution in [0.15, 0.2) is 18.6 Å². The van der Waals surface area contributed by atoms with E-state index in [9.17, 15) is 0 Å². The fourth-order valence-electron chi connectivity index (χ4n) is 1.97. The Morgan fingerprint density at radius 1 is 1.50 bits per heavy atom. The van der Waals surface area contributed by atoms with Gasteiger partial charge in [0.2, 0.25) is 0 Å². The van der Waals surface area contributed by atoms with Crippen molar-refractivity contribution in [3.63, 3.8) is 0 Å². The molecular formula is C11H19ClN4. The van der Waals surface area contributed by atoms with Gasteiger partial charge >= 0.3 is 0 Å². The number of nitrogens with one attached hydrogen (secondary N) is 2. The molecule has 0 radical (unpaired) electrons. The van der Waals surface area contributed by atoms with Crippen LogP contribution >= 0.6 is 12.4 Å². The van der Waals surface area contributed by atoms with Crippen LogP contribution in [0.4, 0.5) is 0 Å². The first kappa shape index (κ1) is 13.4. The molecule has 1 aliphatic rings. The maximum absolute atomic E-state index is 4.30. The summed E-state index contributed by atoms with van der Waals surface area (Å²) in [5, 5.41) is 6.96. The quantitative estimate of drug-likeness (QED) is 0.839. The van der Waals surface area contributed by atoms with Gasteiger partial charge in [0.15, 0.2) is 0 Å². The van der Waals surface area contributed by atoms with Gasteiger partial charge in [-0.2, -0.15) is 0 Å². The van der Waals surface area contributed by atoms with Crippen LogP contribution in [-0.2, 0) is 0 Å². The zero-order valence-corrected chi connectivity index (χ0v) is 10.3. The second kappa shape index (κ2) is 6.78. The zero-order valence-electron chi connectivity index (χ0n) is 9.52. The van der Waals surface area contributed by atoms with E-state index in [2.05, 4.69) is 27.5 Å². The summed E-state index contributed by atoms with van der Waals surface area (Å²) in [4.78, 5) is 8.38. The van der Waals surface area contributed by atoms with Crippen LogP contribution in [0.1, 0.15) is 31.5 Å². The third kappa shape index (κ3) is 3.70. The molecule has 1 fully saturated rings. The normalized spacial score (nSPS) is 22.2. The summed E-state index contributed by atoms with van der Waals surface area (Å²) in [6.07, 6.45) is 7.78. The van der Waals surface area contributed by atoms with E-state index >= 15 is 0 Å². The van der Waals surface area contributed by atoms with Crippen molar-refractivity contribution in [3.05, 3.63) is 24.3 Å². The lowest BCUT2D eigenvalue weighted by atomic mass is 10.1. The highest BCUT2D eigenvalue weighted by Crippen LogP contribution is 2.11. The van der Waals surface area contributed by atoms with Gasteiger partial charge in [-0.3, -0.25) is 9.97 Å². The topological polar surface area (TPSA) is 49.8 Å². The molecule has 16 heavy (non-hydrogen) atoms. The molecule has 90 valence electrons. The molecule has 1 aromatic heterocycles. The Morgan fingerprint density at radius 3 is 3.00 bits per heavy atom. The maximum atomic E-state index is 4.30. The van der Waals surface area contributed by atoms with E-state index in [0.717, 1.165) is 18.8 Å². The Labute approximate surface area is 103 Å². The van der Waals surface area contributed by atoms with Crippen LogP contribution in [-0.4, -0.2) is 29.1 Å². The minimum Gasteiger partial charge on any atom is -0.315 e. The Bertz CT molecular complexity index is 287. The number of aromatic nitrogens is 2. The number of piperidine rings is 1. The maximum Gasteiger partial charge on any atom is 0.0753 e. The Balaban J connectivity index is 0.00000128. The first-order valence-electron chi connectivity index (χ1n) is 5.59. The van der Waals surface area contributed by atoms with Crippen molar-refractivity contribution >= 4 is 12.4 Å². The third-order valence-electron chi connectivity index (χ3n) is 2.81. The molecule has 2 heterocycles. The molecule has 2 N–H and O–H groups in total. The molecule has 2 rings (SSSR count). The van der Waals surface area contributed by atoms with E-state index < -0.39 is 0 Å². The van der Waals surface area contributed by atoms with Crippen molar-refractivity contribution in [1.82, 2.24) is 20.6 Å². The van der Waals surface area contributed by atoms with Gasteiger partial charge in [0.25, 0.3) is 0 Å². The molecule has 2 atom stereocenters. The monoisotopic (exact) mass is 242 g/mol. The molecule has 0 bridgehead atoms. The summed E-state index contributed by atoms with van der Waals surface area (Å²) in [6.45, 7) is 4.35. The van der Waals surface area contributed by atoms with Gasteiger partial charge in [-0.1, -0.05) is 0 Å². The minimum atomic E-state index is 0. The second-order valence-corrected chi connectivity index (χ2v) is 4.06. The summed E-state index contributed by atoms with van der Waals surface area (Å²) in [5.74, 6) is 0. The molecule has 0 aliphatic carbocycles. The van der Waals surface area contributed by atoms with Crippen LogP contribution in [0.3, 0.4) is 0 Å². The molecule has 1 saturated heterocycles. The molecule has 5 heteroatoms. The zero-order chi connectivity index (χ0) is 10.5. The van der Waals surface area contributed by atoms with Crippen molar-refractivity contribution in [1.29, 1.82) is 0 Å². The van der Waals surface area contributed by atoms with E-state index in [1.54, 1.807) is 12.4 Å². The number of hydrogen-bond acceptors (Lipinski definition) is 4. The average molecular weight is 243 g/mol. The van der Waals surface area contributed by atoms with E-state index in [1.165, 1.54) is 12.8 Å². The molecule has 0 saturated carbocycles. The highest BCUT2D eigenvalue weighted by atomic mass is 35.5. The summed E-state index contributed by atoms with van der Waals surface area (Å²) in [6, 6.07) is 0.847. The van der Waals surface area contributed by atoms with Gasteiger partial charge in [-0.15, -0.1) is 12.4 Å². The standard InChI is InChI=1S/C11H18N4.ClH/c1-9(11-8-13-5-6-14-11)15-10-3-2-4-12-7-10;/h5-6,8-10,12,15H,2-4,7H2,1H3;1H/t9?,10-;/m0./s1. The largest absolute Gasteiger partial charge is 0.315 e. The SMILES string of the molecule is CC(N[C@H]1CCCNC1)c1cnccn1.Cl. The molecule has 1 aliphatic heterocycles. The van der Waals surface area contributed by atoms with Crippen molar-refractivity contribution < 1.29 is 0 Å². The molecular weight excluding hydrogens is 224 g/mol. The Morgan fingerprint density at radius 2 is 2.38 bits per heavy atom. The summed E-state index contributed by atoms with van der Waals surface area (Å²) >= 11 is 0. The van der Waals surface area contributed by atoms with Gasteiger partial charge in [0.1, 0.15) is 0 Å². The molecule has 0 amide bonds. The summed E-state index contributed by atoms with van der Waals surface area (Å²) < 4.78 is 0. The van der Waals surface area contributed by atoms with Crippen LogP contribution in [0, 0.1) is 0 Å². The number of hydrogen-bond donors (Lipinski definition) is 2. The van der Waals surface area contributed by atoms with Crippen molar-refractivity contribution in [3.8, 4) is 0 Å². The van der Waals surface area contributed by atoms with Crippen LogP contribution in [0.5, 0.6) is 0 Å². The van der Waals surface area contributed by atoms with Crippen molar-refractivity contribution in [2.45, 2.75) is 31.8 Å². The van der Waals surface area contributed by atoms with Gasteiger partial charge in [-0.25, -0.2) is 0 Å². The fraction of sp³-hybridized carbons (Fsp3) is 0.636. The van der Waals surface area contributed by atoms with Crippen LogP contribution in [0.2, 0.25) is 0 Å². The second-order valence-electron chi connectivity index (χ2n) is 4.06. The lowest BCUT2D eigenvalue weighted by Gasteiger charge is -2.26. The van der Waals surface area contributed by atoms with E-state index in [-0.39, 0.29) is 18.4 Å². The highest BCUT2D eigenvalue weighted by molar-refractivity contribution is 5.85.